The smallest absolute Gasteiger partial charge is 0.232 e. The molecule has 148 valence electrons. The second-order valence-electron chi connectivity index (χ2n) is 7.58. The monoisotopic (exact) mass is 386 g/mol. The number of hydrogen-bond donors (Lipinski definition) is 2. The fraction of sp³-hybridized carbons (Fsp3) is 0.240. The Morgan fingerprint density at radius 2 is 1.59 bits per heavy atom. The van der Waals surface area contributed by atoms with Crippen molar-refractivity contribution in [3.8, 4) is 0 Å². The van der Waals surface area contributed by atoms with Gasteiger partial charge in [0.05, 0.1) is 12.0 Å². The van der Waals surface area contributed by atoms with Gasteiger partial charge in [0, 0.05) is 25.8 Å². The molecule has 0 radical (unpaired) electrons. The molecule has 1 heterocycles. The molecule has 0 fully saturated rings. The molecule has 29 heavy (non-hydrogen) atoms. The van der Waals surface area contributed by atoms with Gasteiger partial charge in [-0.25, -0.2) is 0 Å². The molecule has 1 aliphatic heterocycles. The maximum atomic E-state index is 13.1. The van der Waals surface area contributed by atoms with Crippen LogP contribution >= 0.6 is 0 Å². The van der Waals surface area contributed by atoms with Crippen LogP contribution in [-0.4, -0.2) is 31.2 Å². The zero-order valence-corrected chi connectivity index (χ0v) is 16.6. The Labute approximate surface area is 171 Å². The summed E-state index contributed by atoms with van der Waals surface area (Å²) >= 11 is 0. The zero-order chi connectivity index (χ0) is 20.2. The van der Waals surface area contributed by atoms with Crippen LogP contribution in [0.1, 0.15) is 34.3 Å². The third-order valence-electron chi connectivity index (χ3n) is 5.61. The van der Waals surface area contributed by atoms with Crippen molar-refractivity contribution in [2.75, 3.05) is 25.0 Å². The summed E-state index contributed by atoms with van der Waals surface area (Å²) in [6.45, 7) is 1.19. The van der Waals surface area contributed by atoms with Crippen LogP contribution in [0.4, 0.5) is 5.69 Å². The molecule has 0 spiro atoms. The number of anilines is 1. The molecular formula is C25H26N2O2. The lowest BCUT2D eigenvalue weighted by atomic mass is 9.90. The molecule has 3 aromatic carbocycles. The number of nitrogens with one attached hydrogen (secondary N) is 1. The van der Waals surface area contributed by atoms with Gasteiger partial charge in [-0.2, -0.15) is 0 Å². The molecule has 2 N–H and O–H groups in total. The molecule has 0 bridgehead atoms. The third kappa shape index (κ3) is 4.17. The molecule has 0 aliphatic carbocycles. The zero-order valence-electron chi connectivity index (χ0n) is 16.6. The summed E-state index contributed by atoms with van der Waals surface area (Å²) in [5.74, 6) is -0.513. The maximum Gasteiger partial charge on any atom is 0.232 e. The summed E-state index contributed by atoms with van der Waals surface area (Å²) in [7, 11) is 2.08. The number of amides is 1. The highest BCUT2D eigenvalue weighted by atomic mass is 16.3. The summed E-state index contributed by atoms with van der Waals surface area (Å²) in [6, 6.07) is 25.6. The van der Waals surface area contributed by atoms with E-state index in [1.54, 1.807) is 0 Å². The van der Waals surface area contributed by atoms with Crippen molar-refractivity contribution in [2.24, 2.45) is 0 Å². The van der Waals surface area contributed by atoms with Gasteiger partial charge in [0.1, 0.15) is 0 Å². The van der Waals surface area contributed by atoms with E-state index < -0.39 is 12.0 Å². The van der Waals surface area contributed by atoms with E-state index in [1.165, 1.54) is 11.3 Å². The van der Waals surface area contributed by atoms with Crippen LogP contribution in [0.25, 0.3) is 0 Å². The molecule has 4 rings (SSSR count). The minimum absolute atomic E-state index is 0.109. The van der Waals surface area contributed by atoms with Gasteiger partial charge in [0.2, 0.25) is 5.91 Å². The number of carbonyl (C=O) groups excluding carboxylic acids is 1. The minimum atomic E-state index is -0.734. The number of aliphatic hydroxyl groups is 1. The lowest BCUT2D eigenvalue weighted by Crippen LogP contribution is -2.33. The van der Waals surface area contributed by atoms with Crippen molar-refractivity contribution < 1.29 is 9.90 Å². The average Bonchev–Trinajstić information content (AvgIpc) is 3.14. The van der Waals surface area contributed by atoms with Crippen molar-refractivity contribution in [1.29, 1.82) is 0 Å². The number of likely N-dealkylation sites (N-methyl/N-ethyl adjacent to an activating group) is 1. The van der Waals surface area contributed by atoms with Crippen LogP contribution in [0, 0.1) is 0 Å². The Morgan fingerprint density at radius 1 is 0.966 bits per heavy atom. The summed E-state index contributed by atoms with van der Waals surface area (Å²) in [4.78, 5) is 15.3. The first kappa shape index (κ1) is 19.2. The molecule has 4 nitrogen and oxygen atoms in total. The fourth-order valence-electron chi connectivity index (χ4n) is 4.00. The highest BCUT2D eigenvalue weighted by Gasteiger charge is 2.24. The van der Waals surface area contributed by atoms with E-state index in [-0.39, 0.29) is 12.5 Å². The largest absolute Gasteiger partial charge is 0.387 e. The Hall–Kier alpha value is -3.11. The molecule has 0 saturated carbocycles. The highest BCUT2D eigenvalue weighted by molar-refractivity contribution is 5.87. The molecular weight excluding hydrogens is 360 g/mol. The standard InChI is InChI=1S/C25H26N2O2/c1-27-15-14-20-16-21(12-13-22(20)27)23(28)17-26-25(29)24(18-8-4-2-5-9-18)19-10-6-3-7-11-19/h2-13,16,23-24,28H,14-15,17H2,1H3,(H,26,29). The first-order valence-electron chi connectivity index (χ1n) is 10.0. The van der Waals surface area contributed by atoms with Gasteiger partial charge in [0.25, 0.3) is 0 Å². The predicted molar refractivity (Wildman–Crippen MR) is 116 cm³/mol. The number of nitrogens with zero attached hydrogens (tertiary/aromatic N) is 1. The molecule has 1 aliphatic rings. The Kier molecular flexibility index (Phi) is 5.63. The van der Waals surface area contributed by atoms with E-state index in [0.29, 0.717) is 0 Å². The quantitative estimate of drug-likeness (QED) is 0.680. The number of benzene rings is 3. The van der Waals surface area contributed by atoms with E-state index in [4.69, 9.17) is 0 Å². The van der Waals surface area contributed by atoms with Crippen molar-refractivity contribution >= 4 is 11.6 Å². The van der Waals surface area contributed by atoms with Gasteiger partial charge in [-0.05, 0) is 34.7 Å². The lowest BCUT2D eigenvalue weighted by molar-refractivity contribution is -0.122. The summed E-state index contributed by atoms with van der Waals surface area (Å²) < 4.78 is 0. The first-order valence-corrected chi connectivity index (χ1v) is 10.0. The maximum absolute atomic E-state index is 13.1. The van der Waals surface area contributed by atoms with Gasteiger partial charge in [-0.3, -0.25) is 4.79 Å². The number of rotatable bonds is 6. The Bertz CT molecular complexity index is 933. The van der Waals surface area contributed by atoms with Crippen LogP contribution in [0.3, 0.4) is 0 Å². The predicted octanol–water partition coefficient (Wildman–Crippen LogP) is 3.66. The van der Waals surface area contributed by atoms with Crippen molar-refractivity contribution in [2.45, 2.75) is 18.4 Å². The first-order chi connectivity index (χ1) is 14.1. The van der Waals surface area contributed by atoms with Gasteiger partial charge in [-0.15, -0.1) is 0 Å². The van der Waals surface area contributed by atoms with Crippen molar-refractivity contribution in [3.63, 3.8) is 0 Å². The highest BCUT2D eigenvalue weighted by Crippen LogP contribution is 2.29. The molecule has 3 aromatic rings. The van der Waals surface area contributed by atoms with Gasteiger partial charge in [-0.1, -0.05) is 72.8 Å². The Balaban J connectivity index is 1.48. The molecule has 1 unspecified atom stereocenters. The number of carbonyl (C=O) groups is 1. The van der Waals surface area contributed by atoms with Crippen LogP contribution < -0.4 is 10.2 Å². The lowest BCUT2D eigenvalue weighted by Gasteiger charge is -2.20. The SMILES string of the molecule is CN1CCc2cc(C(O)CNC(=O)C(c3ccccc3)c3ccccc3)ccc21. The molecule has 1 atom stereocenters. The van der Waals surface area contributed by atoms with Crippen LogP contribution in [0.2, 0.25) is 0 Å². The number of aliphatic hydroxyl groups excluding tert-OH is 1. The van der Waals surface area contributed by atoms with E-state index in [2.05, 4.69) is 29.4 Å². The van der Waals surface area contributed by atoms with Gasteiger partial charge < -0.3 is 15.3 Å². The Morgan fingerprint density at radius 3 is 2.21 bits per heavy atom. The summed E-state index contributed by atoms with van der Waals surface area (Å²) in [6.07, 6.45) is 0.255. The van der Waals surface area contributed by atoms with Crippen LogP contribution in [0.5, 0.6) is 0 Å². The average molecular weight is 386 g/mol. The van der Waals surface area contributed by atoms with E-state index >= 15 is 0 Å². The normalized spacial score (nSPS) is 14.0. The third-order valence-corrected chi connectivity index (χ3v) is 5.61. The second kappa shape index (κ2) is 8.50. The van der Waals surface area contributed by atoms with Crippen molar-refractivity contribution in [3.05, 3.63) is 101 Å². The molecule has 1 amide bonds. The topological polar surface area (TPSA) is 52.6 Å². The number of hydrogen-bond acceptors (Lipinski definition) is 3. The molecule has 0 aromatic heterocycles. The van der Waals surface area contributed by atoms with E-state index in [1.807, 2.05) is 66.7 Å². The van der Waals surface area contributed by atoms with E-state index in [0.717, 1.165) is 29.7 Å². The molecule has 0 saturated heterocycles. The van der Waals surface area contributed by atoms with Crippen LogP contribution in [0.15, 0.2) is 78.9 Å². The summed E-state index contributed by atoms with van der Waals surface area (Å²) in [5.41, 5.74) is 5.19. The van der Waals surface area contributed by atoms with Gasteiger partial charge >= 0.3 is 0 Å². The van der Waals surface area contributed by atoms with Crippen LogP contribution in [-0.2, 0) is 11.2 Å². The van der Waals surface area contributed by atoms with E-state index in [9.17, 15) is 9.90 Å². The van der Waals surface area contributed by atoms with Gasteiger partial charge in [0.15, 0.2) is 0 Å². The second-order valence-corrected chi connectivity index (χ2v) is 7.58. The minimum Gasteiger partial charge on any atom is -0.387 e. The van der Waals surface area contributed by atoms with Crippen molar-refractivity contribution in [1.82, 2.24) is 5.32 Å². The number of fused-ring (bicyclic) bond motifs is 1. The fourth-order valence-corrected chi connectivity index (χ4v) is 4.00. The molecule has 4 heteroatoms. The summed E-state index contributed by atoms with van der Waals surface area (Å²) in [5, 5.41) is 13.6.